The maximum atomic E-state index is 12.1. The number of hydrogen-bond acceptors (Lipinski definition) is 6. The molecule has 0 aromatic heterocycles. The van der Waals surface area contributed by atoms with Crippen molar-refractivity contribution in [2.45, 2.75) is 12.8 Å². The Bertz CT molecular complexity index is 680. The number of allylic oxidation sites excluding steroid dienone is 3. The van der Waals surface area contributed by atoms with Gasteiger partial charge in [0.15, 0.2) is 5.41 Å². The standard InChI is InChI=1S/C16H19O6.C5H5.3CO.W/c1-5-6-7-8-11-16(14(18)21-3,15(19)22-4)12-9-10-13(17)20-2;1-2-4-5-3-1;3*1-2;/h7-10H,1,11-12H2,2-4H3;1-5H;;;;/q-1;;;;;+2/b8-7+,10-9+;;;;;. The quantitative estimate of drug-likeness (QED) is 0.0796. The smallest absolute Gasteiger partial charge is 0.468 e. The van der Waals surface area contributed by atoms with E-state index in [4.69, 9.17) is 23.4 Å². The monoisotopic (exact) mass is 640 g/mol. The number of rotatable bonds is 7. The second-order valence-electron chi connectivity index (χ2n) is 5.08. The zero-order chi connectivity index (χ0) is 26.5. The predicted octanol–water partition coefficient (Wildman–Crippen LogP) is 2.13. The summed E-state index contributed by atoms with van der Waals surface area (Å²) < 4.78 is 36.4. The molecule has 0 aromatic rings. The minimum atomic E-state index is -1.59. The summed E-state index contributed by atoms with van der Waals surface area (Å²) in [6.07, 6.45) is 15.4. The number of hydrogen-bond donors (Lipinski definition) is 0. The molecule has 0 unspecified atom stereocenters. The molecule has 10 heteroatoms. The van der Waals surface area contributed by atoms with E-state index in [0.29, 0.717) is 0 Å². The molecule has 1 rings (SSSR count). The molecule has 1 fully saturated rings. The average Bonchev–Trinajstić information content (AvgIpc) is 3.48. The maximum Gasteiger partial charge on any atom is 2.00 e. The van der Waals surface area contributed by atoms with Crippen LogP contribution in [0.4, 0.5) is 0 Å². The fourth-order valence-electron chi connectivity index (χ4n) is 2.01. The third-order valence-electron chi connectivity index (χ3n) is 3.40. The van der Waals surface area contributed by atoms with Crippen molar-refractivity contribution in [1.82, 2.24) is 0 Å². The molecule has 0 aromatic carbocycles. The van der Waals surface area contributed by atoms with Crippen LogP contribution in [0, 0.1) is 76.2 Å². The van der Waals surface area contributed by atoms with Crippen molar-refractivity contribution in [3.8, 4) is 11.8 Å². The Balaban J connectivity index is -0.000000195. The van der Waals surface area contributed by atoms with Crippen LogP contribution in [0.5, 0.6) is 0 Å². The van der Waals surface area contributed by atoms with Crippen LogP contribution < -0.4 is 0 Å². The Labute approximate surface area is 216 Å². The Morgan fingerprint density at radius 1 is 0.824 bits per heavy atom. The normalized spacial score (nSPS) is 10.7. The topological polar surface area (TPSA) is 139 Å². The molecular weight excluding hydrogens is 616 g/mol. The van der Waals surface area contributed by atoms with Crippen LogP contribution in [-0.4, -0.2) is 39.2 Å². The van der Waals surface area contributed by atoms with Crippen LogP contribution in [0.2, 0.25) is 0 Å². The van der Waals surface area contributed by atoms with E-state index in [1.54, 1.807) is 0 Å². The van der Waals surface area contributed by atoms with Crippen LogP contribution in [0.25, 0.3) is 0 Å². The molecule has 0 spiro atoms. The molecule has 34 heavy (non-hydrogen) atoms. The fourth-order valence-corrected chi connectivity index (χ4v) is 2.01. The second-order valence-corrected chi connectivity index (χ2v) is 5.08. The number of methoxy groups -OCH3 is 3. The van der Waals surface area contributed by atoms with Gasteiger partial charge in [-0.25, -0.2) is 4.79 Å². The zero-order valence-electron chi connectivity index (χ0n) is 18.9. The van der Waals surface area contributed by atoms with Gasteiger partial charge in [-0.1, -0.05) is 12.2 Å². The molecule has 0 saturated heterocycles. The average molecular weight is 640 g/mol. The maximum absolute atomic E-state index is 12.1. The molecule has 1 aliphatic rings. The van der Waals surface area contributed by atoms with Gasteiger partial charge in [-0.3, -0.25) is 15.5 Å². The van der Waals surface area contributed by atoms with Gasteiger partial charge in [0.2, 0.25) is 0 Å². The fraction of sp³-hybridized carbons (Fsp3) is 0.250. The van der Waals surface area contributed by atoms with Gasteiger partial charge in [-0.2, -0.15) is 6.92 Å². The molecule has 0 bridgehead atoms. The van der Waals surface area contributed by atoms with Gasteiger partial charge < -0.3 is 20.1 Å². The summed E-state index contributed by atoms with van der Waals surface area (Å²) in [5.74, 6) is 2.87. The molecule has 9 nitrogen and oxygen atoms in total. The van der Waals surface area contributed by atoms with Crippen molar-refractivity contribution in [3.63, 3.8) is 0 Å². The van der Waals surface area contributed by atoms with Gasteiger partial charge in [-0.15, -0.1) is 6.08 Å². The van der Waals surface area contributed by atoms with E-state index in [2.05, 4.69) is 43.5 Å². The summed E-state index contributed by atoms with van der Waals surface area (Å²) in [6.45, 7) is 16.8. The molecule has 1 aliphatic carbocycles. The van der Waals surface area contributed by atoms with E-state index >= 15 is 0 Å². The molecule has 0 N–H and O–H groups in total. The van der Waals surface area contributed by atoms with E-state index < -0.39 is 23.3 Å². The van der Waals surface area contributed by atoms with E-state index in [1.165, 1.54) is 39.6 Å². The Morgan fingerprint density at radius 2 is 1.21 bits per heavy atom. The number of carbonyl (C=O) groups is 3. The van der Waals surface area contributed by atoms with Gasteiger partial charge in [0.25, 0.3) is 0 Å². The molecule has 5 radical (unpaired) electrons. The summed E-state index contributed by atoms with van der Waals surface area (Å²) in [5, 5.41) is 0. The summed E-state index contributed by atoms with van der Waals surface area (Å²) >= 11 is 0. The van der Waals surface area contributed by atoms with E-state index in [1.807, 2.05) is 32.1 Å². The van der Waals surface area contributed by atoms with Crippen molar-refractivity contribution >= 4 is 17.9 Å². The number of esters is 3. The molecule has 0 amide bonds. The molecule has 0 aliphatic heterocycles. The van der Waals surface area contributed by atoms with E-state index in [0.717, 1.165) is 6.08 Å². The van der Waals surface area contributed by atoms with Gasteiger partial charge in [0, 0.05) is 6.08 Å². The van der Waals surface area contributed by atoms with Crippen LogP contribution in [-0.2, 0) is 63.6 Å². The minimum Gasteiger partial charge on any atom is -0.468 e. The first-order valence-electron chi connectivity index (χ1n) is 8.60. The second kappa shape index (κ2) is 32.4. The molecule has 0 atom stereocenters. The molecule has 0 heterocycles. The van der Waals surface area contributed by atoms with Crippen molar-refractivity contribution < 1.29 is 63.6 Å². The van der Waals surface area contributed by atoms with Crippen molar-refractivity contribution in [3.05, 3.63) is 83.3 Å². The van der Waals surface area contributed by atoms with Crippen molar-refractivity contribution in [2.75, 3.05) is 21.3 Å². The number of ether oxygens (including phenoxy) is 3. The Hall–Kier alpha value is -2.77. The number of carbonyl (C=O) groups excluding carboxylic acids is 3. The van der Waals surface area contributed by atoms with Gasteiger partial charge in [0.05, 0.1) is 21.3 Å². The van der Waals surface area contributed by atoms with Gasteiger partial charge in [-0.05, 0) is 44.9 Å². The van der Waals surface area contributed by atoms with Crippen LogP contribution in [0.15, 0.2) is 24.3 Å². The van der Waals surface area contributed by atoms with Crippen LogP contribution in [0.1, 0.15) is 12.8 Å². The van der Waals surface area contributed by atoms with Crippen molar-refractivity contribution in [2.24, 2.45) is 5.41 Å². The Kier molecular flexibility index (Phi) is 39.5. The summed E-state index contributed by atoms with van der Waals surface area (Å²) in [6, 6.07) is 0. The third-order valence-corrected chi connectivity index (χ3v) is 3.40. The first-order valence-corrected chi connectivity index (χ1v) is 8.60. The molecular formula is C24H24O9W+. The first kappa shape index (κ1) is 41.5. The van der Waals surface area contributed by atoms with Gasteiger partial charge in [0.1, 0.15) is 0 Å². The third kappa shape index (κ3) is 19.9. The van der Waals surface area contributed by atoms with Crippen molar-refractivity contribution in [1.29, 1.82) is 0 Å². The summed E-state index contributed by atoms with van der Waals surface area (Å²) in [4.78, 5) is 35.3. The van der Waals surface area contributed by atoms with E-state index in [-0.39, 0.29) is 33.9 Å². The Morgan fingerprint density at radius 3 is 1.53 bits per heavy atom. The summed E-state index contributed by atoms with van der Waals surface area (Å²) in [5.41, 5.74) is -1.59. The van der Waals surface area contributed by atoms with Crippen LogP contribution in [0.3, 0.4) is 0 Å². The summed E-state index contributed by atoms with van der Waals surface area (Å²) in [7, 11) is 3.56. The minimum absolute atomic E-state index is 0. The van der Waals surface area contributed by atoms with Crippen LogP contribution >= 0.6 is 0 Å². The first-order chi connectivity index (χ1) is 16.0. The zero-order valence-corrected chi connectivity index (χ0v) is 21.8. The predicted molar refractivity (Wildman–Crippen MR) is 112 cm³/mol. The van der Waals surface area contributed by atoms with Gasteiger partial charge >= 0.3 is 72.9 Å². The molecule has 179 valence electrons. The van der Waals surface area contributed by atoms with E-state index in [9.17, 15) is 14.4 Å². The molecule has 1 saturated carbocycles. The largest absolute Gasteiger partial charge is 2.00 e. The SMILES string of the molecule is [C-]#[O+].[C-]#[O+].[C-]#[O+].[CH2-]C#C/C=C/CC(C/C=C/C(=O)OC)(C(=O)OC)C(=O)OC.[CH]1[CH][CH][CH][CH]1.[W+2].